The van der Waals surface area contributed by atoms with Crippen LogP contribution in [-0.4, -0.2) is 28.1 Å². The highest BCUT2D eigenvalue weighted by atomic mass is 127. The summed E-state index contributed by atoms with van der Waals surface area (Å²) in [5, 5.41) is 0. The Morgan fingerprint density at radius 1 is 1.50 bits per heavy atom. The first-order chi connectivity index (χ1) is 7.65. The predicted molar refractivity (Wildman–Crippen MR) is 66.1 cm³/mol. The molecular formula is C11H10INO3. The molecule has 1 aromatic rings. The molecule has 1 atom stereocenters. The van der Waals surface area contributed by atoms with Gasteiger partial charge in [0.05, 0.1) is 30.0 Å². The first-order valence-corrected chi connectivity index (χ1v) is 5.76. The number of carbonyl (C=O) groups excluding carboxylic acids is 2. The van der Waals surface area contributed by atoms with Crippen LogP contribution in [0.3, 0.4) is 0 Å². The number of rotatable bonds is 1. The highest BCUT2D eigenvalue weighted by Crippen LogP contribution is 2.26. The summed E-state index contributed by atoms with van der Waals surface area (Å²) in [7, 11) is 1.33. The lowest BCUT2D eigenvalue weighted by Gasteiger charge is -2.29. The molecule has 1 unspecified atom stereocenters. The van der Waals surface area contributed by atoms with Crippen LogP contribution in [0.5, 0.6) is 0 Å². The average molecular weight is 331 g/mol. The van der Waals surface area contributed by atoms with Crippen molar-refractivity contribution in [3.63, 3.8) is 0 Å². The van der Waals surface area contributed by atoms with Crippen LogP contribution in [0.25, 0.3) is 0 Å². The highest BCUT2D eigenvalue weighted by Gasteiger charge is 2.35. The number of fused-ring (bicyclic) bond motifs is 1. The number of nitrogens with zero attached hydrogens (tertiary/aromatic N) is 1. The number of esters is 1. The summed E-state index contributed by atoms with van der Waals surface area (Å²) >= 11 is 1.86. The Bertz CT molecular complexity index is 447. The topological polar surface area (TPSA) is 46.6 Å². The fourth-order valence-corrected chi connectivity index (χ4v) is 2.45. The molecule has 1 heterocycles. The van der Waals surface area contributed by atoms with Gasteiger partial charge in [0.1, 0.15) is 6.04 Å². The Morgan fingerprint density at radius 2 is 2.19 bits per heavy atom. The van der Waals surface area contributed by atoms with Crippen molar-refractivity contribution in [1.82, 2.24) is 3.11 Å². The maximum atomic E-state index is 12.0. The molecule has 1 aromatic carbocycles. The third kappa shape index (κ3) is 1.79. The number of methoxy groups -OCH3 is 1. The van der Waals surface area contributed by atoms with Crippen LogP contribution in [-0.2, 0) is 16.0 Å². The van der Waals surface area contributed by atoms with E-state index in [0.717, 1.165) is 5.56 Å². The number of halogens is 1. The van der Waals surface area contributed by atoms with Crippen LogP contribution in [0.1, 0.15) is 15.9 Å². The zero-order valence-electron chi connectivity index (χ0n) is 8.64. The second-order valence-corrected chi connectivity index (χ2v) is 4.56. The van der Waals surface area contributed by atoms with E-state index < -0.39 is 6.04 Å². The molecular weight excluding hydrogens is 321 g/mol. The zero-order valence-corrected chi connectivity index (χ0v) is 10.8. The van der Waals surface area contributed by atoms with Crippen molar-refractivity contribution in [2.24, 2.45) is 0 Å². The number of ether oxygens (including phenoxy) is 1. The number of amides is 1. The zero-order chi connectivity index (χ0) is 11.7. The molecule has 0 aromatic heterocycles. The standard InChI is InChI=1S/C11H10INO3/c1-16-11(15)9-6-7-4-2-3-5-8(7)10(14)13(9)12/h2-5,9H,6H2,1H3. The molecule has 0 spiro atoms. The van der Waals surface area contributed by atoms with Gasteiger partial charge in [0, 0.05) is 12.0 Å². The smallest absolute Gasteiger partial charge is 0.329 e. The maximum Gasteiger partial charge on any atom is 0.329 e. The van der Waals surface area contributed by atoms with E-state index in [0.29, 0.717) is 12.0 Å². The lowest BCUT2D eigenvalue weighted by Crippen LogP contribution is -2.44. The minimum Gasteiger partial charge on any atom is -0.467 e. The SMILES string of the molecule is COC(=O)C1Cc2ccccc2C(=O)N1I. The van der Waals surface area contributed by atoms with Crippen LogP contribution in [0.2, 0.25) is 0 Å². The molecule has 84 valence electrons. The van der Waals surface area contributed by atoms with E-state index >= 15 is 0 Å². The van der Waals surface area contributed by atoms with E-state index in [2.05, 4.69) is 4.74 Å². The molecule has 4 nitrogen and oxygen atoms in total. The predicted octanol–water partition coefficient (Wildman–Crippen LogP) is 1.58. The number of hydrogen-bond acceptors (Lipinski definition) is 3. The fraction of sp³-hybridized carbons (Fsp3) is 0.273. The van der Waals surface area contributed by atoms with E-state index in [-0.39, 0.29) is 11.9 Å². The normalized spacial score (nSPS) is 19.2. The van der Waals surface area contributed by atoms with Gasteiger partial charge in [-0.25, -0.2) is 4.79 Å². The monoisotopic (exact) mass is 331 g/mol. The van der Waals surface area contributed by atoms with Crippen molar-refractivity contribution in [2.75, 3.05) is 7.11 Å². The largest absolute Gasteiger partial charge is 0.467 e. The second-order valence-electron chi connectivity index (χ2n) is 3.52. The van der Waals surface area contributed by atoms with Crippen LogP contribution >= 0.6 is 22.9 Å². The van der Waals surface area contributed by atoms with Crippen molar-refractivity contribution in [3.8, 4) is 0 Å². The van der Waals surface area contributed by atoms with E-state index in [9.17, 15) is 9.59 Å². The molecule has 0 bridgehead atoms. The molecule has 0 aliphatic carbocycles. The molecule has 0 saturated heterocycles. The van der Waals surface area contributed by atoms with Crippen molar-refractivity contribution in [3.05, 3.63) is 35.4 Å². The summed E-state index contributed by atoms with van der Waals surface area (Å²) in [6.45, 7) is 0. The van der Waals surface area contributed by atoms with Gasteiger partial charge in [-0.2, -0.15) is 0 Å². The molecule has 1 amide bonds. The quantitative estimate of drug-likeness (QED) is 0.446. The van der Waals surface area contributed by atoms with E-state index in [4.69, 9.17) is 0 Å². The molecule has 0 N–H and O–H groups in total. The van der Waals surface area contributed by atoms with Gasteiger partial charge >= 0.3 is 5.97 Å². The Labute approximate surface area is 107 Å². The number of carbonyl (C=O) groups is 2. The van der Waals surface area contributed by atoms with Crippen LogP contribution in [0.15, 0.2) is 24.3 Å². The molecule has 2 rings (SSSR count). The summed E-state index contributed by atoms with van der Waals surface area (Å²) in [5.74, 6) is -0.518. The first kappa shape index (κ1) is 11.4. The molecule has 5 heteroatoms. The van der Waals surface area contributed by atoms with E-state index in [1.165, 1.54) is 10.2 Å². The van der Waals surface area contributed by atoms with Gasteiger partial charge in [-0.3, -0.25) is 7.91 Å². The Hall–Kier alpha value is -1.11. The molecule has 1 aliphatic heterocycles. The fourth-order valence-electron chi connectivity index (χ4n) is 1.76. The van der Waals surface area contributed by atoms with Gasteiger partial charge in [-0.05, 0) is 11.6 Å². The molecule has 16 heavy (non-hydrogen) atoms. The van der Waals surface area contributed by atoms with Gasteiger partial charge in [0.15, 0.2) is 0 Å². The third-order valence-electron chi connectivity index (χ3n) is 2.60. The van der Waals surface area contributed by atoms with Crippen molar-refractivity contribution in [2.45, 2.75) is 12.5 Å². The first-order valence-electron chi connectivity index (χ1n) is 4.80. The van der Waals surface area contributed by atoms with Crippen LogP contribution in [0.4, 0.5) is 0 Å². The maximum absolute atomic E-state index is 12.0. The van der Waals surface area contributed by atoms with Gasteiger partial charge in [0.25, 0.3) is 5.91 Å². The van der Waals surface area contributed by atoms with Crippen LogP contribution in [0, 0.1) is 0 Å². The van der Waals surface area contributed by atoms with Gasteiger partial charge in [-0.1, -0.05) is 18.2 Å². The summed E-state index contributed by atoms with van der Waals surface area (Å²) < 4.78 is 6.09. The summed E-state index contributed by atoms with van der Waals surface area (Å²) in [4.78, 5) is 23.5. The third-order valence-corrected chi connectivity index (χ3v) is 3.71. The van der Waals surface area contributed by atoms with E-state index in [1.807, 2.05) is 41.1 Å². The number of hydrogen-bond donors (Lipinski definition) is 0. The summed E-state index contributed by atoms with van der Waals surface area (Å²) in [6.07, 6.45) is 0.511. The Kier molecular flexibility index (Phi) is 3.13. The molecule has 0 radical (unpaired) electrons. The van der Waals surface area contributed by atoms with E-state index in [1.54, 1.807) is 6.07 Å². The van der Waals surface area contributed by atoms with Gasteiger partial charge in [-0.15, -0.1) is 0 Å². The average Bonchev–Trinajstić information content (AvgIpc) is 2.33. The highest BCUT2D eigenvalue weighted by molar-refractivity contribution is 14.1. The lowest BCUT2D eigenvalue weighted by molar-refractivity contribution is -0.144. The minimum atomic E-state index is -0.520. The van der Waals surface area contributed by atoms with Crippen LogP contribution < -0.4 is 0 Å². The van der Waals surface area contributed by atoms with Crippen molar-refractivity contribution >= 4 is 34.7 Å². The second kappa shape index (κ2) is 4.40. The van der Waals surface area contributed by atoms with Crippen molar-refractivity contribution in [1.29, 1.82) is 0 Å². The summed E-state index contributed by atoms with van der Waals surface area (Å²) in [6, 6.07) is 6.81. The number of benzene rings is 1. The Morgan fingerprint density at radius 3 is 2.88 bits per heavy atom. The molecule has 0 saturated carbocycles. The molecule has 1 aliphatic rings. The Balaban J connectivity index is 2.39. The minimum absolute atomic E-state index is 0.141. The van der Waals surface area contributed by atoms with Crippen molar-refractivity contribution < 1.29 is 14.3 Å². The lowest BCUT2D eigenvalue weighted by atomic mass is 9.95. The van der Waals surface area contributed by atoms with Gasteiger partial charge < -0.3 is 4.74 Å². The molecule has 0 fully saturated rings. The summed E-state index contributed by atoms with van der Waals surface area (Å²) in [5.41, 5.74) is 1.56. The van der Waals surface area contributed by atoms with Gasteiger partial charge in [0.2, 0.25) is 0 Å².